The molecule has 0 radical (unpaired) electrons. The van der Waals surface area contributed by atoms with Gasteiger partial charge in [-0.1, -0.05) is 24.3 Å². The van der Waals surface area contributed by atoms with Crippen LogP contribution in [-0.2, 0) is 20.0 Å². The summed E-state index contributed by atoms with van der Waals surface area (Å²) in [4.78, 5) is 29.7. The quantitative estimate of drug-likeness (QED) is 0.374. The maximum Gasteiger partial charge on any atom is 0.188 e. The average molecular weight is 476 g/mol. The van der Waals surface area contributed by atoms with Crippen LogP contribution in [-0.4, -0.2) is 36.2 Å². The number of benzene rings is 2. The van der Waals surface area contributed by atoms with E-state index >= 15 is 0 Å². The zero-order valence-electron chi connectivity index (χ0n) is 20.4. The number of fused-ring (bicyclic) bond motifs is 4. The number of imidazole rings is 1. The van der Waals surface area contributed by atoms with Gasteiger partial charge in [0.05, 0.1) is 28.9 Å². The zero-order valence-corrected chi connectivity index (χ0v) is 20.4. The molecule has 0 N–H and O–H groups in total. The summed E-state index contributed by atoms with van der Waals surface area (Å²) >= 11 is 0. The van der Waals surface area contributed by atoms with Crippen molar-refractivity contribution >= 4 is 33.1 Å². The topological polar surface area (TPSA) is 81.2 Å². The van der Waals surface area contributed by atoms with E-state index < -0.39 is 0 Å². The van der Waals surface area contributed by atoms with Crippen LogP contribution in [0.15, 0.2) is 78.0 Å². The van der Waals surface area contributed by atoms with E-state index in [1.807, 2.05) is 92.5 Å². The van der Waals surface area contributed by atoms with Crippen LogP contribution in [0.4, 0.5) is 5.82 Å². The van der Waals surface area contributed by atoms with Crippen molar-refractivity contribution in [3.8, 4) is 0 Å². The van der Waals surface area contributed by atoms with Crippen LogP contribution in [0.3, 0.4) is 0 Å². The molecule has 0 atom stereocenters. The second-order valence-corrected chi connectivity index (χ2v) is 9.11. The number of para-hydroxylation sites is 2. The van der Waals surface area contributed by atoms with E-state index in [9.17, 15) is 4.79 Å². The Bertz CT molecular complexity index is 1820. The summed E-state index contributed by atoms with van der Waals surface area (Å²) in [6.45, 7) is 2.61. The zero-order chi connectivity index (χ0) is 24.8. The van der Waals surface area contributed by atoms with Crippen molar-refractivity contribution < 1.29 is 0 Å². The largest absolute Gasteiger partial charge is 0.355 e. The number of aryl methyl sites for hydroxylation is 2. The standard InChI is InChI=1S/C28H25N7O/c1-18-29-15-25-20(12-26(36)22-9-5-7-11-24(22)35(18)25)13-27-31-23-10-6-4-8-21(23)28(32-27)33(2)16-19-14-30-34(3)17-19/h4-12,14-15,17H,13,16H2,1-3H3. The van der Waals surface area contributed by atoms with Crippen LogP contribution in [0.5, 0.6) is 0 Å². The molecule has 0 spiro atoms. The number of aromatic nitrogens is 6. The lowest BCUT2D eigenvalue weighted by Crippen LogP contribution is -2.19. The Morgan fingerprint density at radius 2 is 1.72 bits per heavy atom. The molecule has 0 aliphatic rings. The van der Waals surface area contributed by atoms with Gasteiger partial charge in [0, 0.05) is 49.6 Å². The van der Waals surface area contributed by atoms with Crippen molar-refractivity contribution in [1.82, 2.24) is 29.1 Å². The van der Waals surface area contributed by atoms with Gasteiger partial charge in [0.15, 0.2) is 5.43 Å². The molecule has 0 unspecified atom stereocenters. The van der Waals surface area contributed by atoms with Gasteiger partial charge in [-0.15, -0.1) is 0 Å². The smallest absolute Gasteiger partial charge is 0.188 e. The van der Waals surface area contributed by atoms with Crippen LogP contribution in [0, 0.1) is 6.92 Å². The minimum atomic E-state index is -0.0293. The third kappa shape index (κ3) is 3.76. The third-order valence-corrected chi connectivity index (χ3v) is 6.50. The van der Waals surface area contributed by atoms with Crippen molar-refractivity contribution in [2.75, 3.05) is 11.9 Å². The van der Waals surface area contributed by atoms with Crippen LogP contribution in [0.25, 0.3) is 27.3 Å². The molecule has 0 bridgehead atoms. The van der Waals surface area contributed by atoms with Gasteiger partial charge < -0.3 is 4.90 Å². The number of anilines is 1. The third-order valence-electron chi connectivity index (χ3n) is 6.50. The second-order valence-electron chi connectivity index (χ2n) is 9.11. The molecule has 36 heavy (non-hydrogen) atoms. The summed E-state index contributed by atoms with van der Waals surface area (Å²) in [5.41, 5.74) is 4.50. The fourth-order valence-electron chi connectivity index (χ4n) is 4.85. The molecule has 0 saturated heterocycles. The second kappa shape index (κ2) is 8.57. The van der Waals surface area contributed by atoms with Gasteiger partial charge in [-0.2, -0.15) is 5.10 Å². The van der Waals surface area contributed by atoms with Crippen molar-refractivity contribution in [2.24, 2.45) is 7.05 Å². The molecule has 6 aromatic rings. The fraction of sp³-hybridized carbons (Fsp3) is 0.179. The van der Waals surface area contributed by atoms with Gasteiger partial charge in [0.25, 0.3) is 0 Å². The molecule has 0 fully saturated rings. The Morgan fingerprint density at radius 1 is 0.944 bits per heavy atom. The van der Waals surface area contributed by atoms with E-state index in [0.29, 0.717) is 24.2 Å². The van der Waals surface area contributed by atoms with E-state index in [2.05, 4.69) is 15.0 Å². The van der Waals surface area contributed by atoms with Crippen LogP contribution in [0.1, 0.15) is 22.8 Å². The van der Waals surface area contributed by atoms with Crippen molar-refractivity contribution in [3.63, 3.8) is 0 Å². The van der Waals surface area contributed by atoms with Crippen molar-refractivity contribution in [2.45, 2.75) is 19.9 Å². The van der Waals surface area contributed by atoms with Gasteiger partial charge in [0.1, 0.15) is 17.5 Å². The van der Waals surface area contributed by atoms with Gasteiger partial charge in [-0.25, -0.2) is 15.0 Å². The SMILES string of the molecule is Cc1ncc2c(Cc3nc(N(C)Cc4cnn(C)c4)c4ccccc4n3)cc(=O)c3ccccc3n12. The van der Waals surface area contributed by atoms with Crippen LogP contribution < -0.4 is 10.3 Å². The maximum atomic E-state index is 13.2. The molecule has 2 aromatic carbocycles. The van der Waals surface area contributed by atoms with Gasteiger partial charge in [-0.3, -0.25) is 13.9 Å². The molecule has 0 aliphatic heterocycles. The lowest BCUT2D eigenvalue weighted by Gasteiger charge is -2.20. The van der Waals surface area contributed by atoms with Gasteiger partial charge in [-0.05, 0) is 42.8 Å². The first-order valence-electron chi connectivity index (χ1n) is 11.8. The van der Waals surface area contributed by atoms with Gasteiger partial charge in [0.2, 0.25) is 0 Å². The minimum Gasteiger partial charge on any atom is -0.355 e. The molecule has 8 nitrogen and oxygen atoms in total. The molecule has 6 rings (SSSR count). The lowest BCUT2D eigenvalue weighted by molar-refractivity contribution is 0.766. The Hall–Kier alpha value is -4.59. The normalized spacial score (nSPS) is 11.5. The molecule has 4 heterocycles. The Balaban J connectivity index is 1.50. The van der Waals surface area contributed by atoms with E-state index in [4.69, 9.17) is 9.97 Å². The highest BCUT2D eigenvalue weighted by Gasteiger charge is 2.16. The van der Waals surface area contributed by atoms with E-state index in [1.54, 1.807) is 10.7 Å². The first-order valence-corrected chi connectivity index (χ1v) is 11.8. The van der Waals surface area contributed by atoms with E-state index in [-0.39, 0.29) is 5.43 Å². The molecule has 4 aromatic heterocycles. The average Bonchev–Trinajstić information content (AvgIpc) is 3.44. The predicted octanol–water partition coefficient (Wildman–Crippen LogP) is 4.06. The summed E-state index contributed by atoms with van der Waals surface area (Å²) < 4.78 is 3.84. The van der Waals surface area contributed by atoms with E-state index in [1.165, 1.54) is 0 Å². The Labute approximate surface area is 207 Å². The monoisotopic (exact) mass is 475 g/mol. The molecule has 0 amide bonds. The van der Waals surface area contributed by atoms with Crippen LogP contribution >= 0.6 is 0 Å². The molecule has 8 heteroatoms. The highest BCUT2D eigenvalue weighted by Crippen LogP contribution is 2.26. The first kappa shape index (κ1) is 21.9. The molecule has 0 aliphatic carbocycles. The predicted molar refractivity (Wildman–Crippen MR) is 141 cm³/mol. The van der Waals surface area contributed by atoms with Crippen LogP contribution in [0.2, 0.25) is 0 Å². The Morgan fingerprint density at radius 3 is 2.53 bits per heavy atom. The number of hydrogen-bond acceptors (Lipinski definition) is 6. The highest BCUT2D eigenvalue weighted by atomic mass is 16.1. The number of nitrogens with zero attached hydrogens (tertiary/aromatic N) is 7. The summed E-state index contributed by atoms with van der Waals surface area (Å²) in [5, 5.41) is 5.92. The molecular formula is C28H25N7O. The number of rotatable bonds is 5. The Kier molecular flexibility index (Phi) is 5.21. The van der Waals surface area contributed by atoms with Crippen molar-refractivity contribution in [1.29, 1.82) is 0 Å². The minimum absolute atomic E-state index is 0.0293. The summed E-state index contributed by atoms with van der Waals surface area (Å²) in [6.07, 6.45) is 6.10. The fourth-order valence-corrected chi connectivity index (χ4v) is 4.85. The van der Waals surface area contributed by atoms with Crippen molar-refractivity contribution in [3.05, 3.63) is 106 Å². The first-order chi connectivity index (χ1) is 17.5. The summed E-state index contributed by atoms with van der Waals surface area (Å²) in [6, 6.07) is 17.4. The lowest BCUT2D eigenvalue weighted by atomic mass is 10.1. The molecule has 178 valence electrons. The highest BCUT2D eigenvalue weighted by molar-refractivity contribution is 5.89. The van der Waals surface area contributed by atoms with Gasteiger partial charge >= 0.3 is 0 Å². The number of hydrogen-bond donors (Lipinski definition) is 0. The molecular weight excluding hydrogens is 450 g/mol. The van der Waals surface area contributed by atoms with E-state index in [0.717, 1.165) is 44.7 Å². The maximum absolute atomic E-state index is 13.2. The summed E-state index contributed by atoms with van der Waals surface area (Å²) in [5.74, 6) is 2.32. The summed E-state index contributed by atoms with van der Waals surface area (Å²) in [7, 11) is 3.93. The molecule has 0 saturated carbocycles.